The average Bonchev–Trinajstić information content (AvgIpc) is 2.42. The first-order valence-corrected chi connectivity index (χ1v) is 6.74. The monoisotopic (exact) mass is 264 g/mol. The Morgan fingerprint density at radius 1 is 1.32 bits per heavy atom. The molecule has 2 rings (SSSR count). The topological polar surface area (TPSA) is 68.2 Å². The molecule has 1 fully saturated rings. The summed E-state index contributed by atoms with van der Waals surface area (Å²) < 4.78 is 5.13. The van der Waals surface area contributed by atoms with Crippen molar-refractivity contribution in [1.82, 2.24) is 15.2 Å². The van der Waals surface area contributed by atoms with Crippen LogP contribution in [0.4, 0.5) is 5.95 Å². The highest BCUT2D eigenvalue weighted by atomic mass is 16.5. The van der Waals surface area contributed by atoms with Crippen LogP contribution < -0.4 is 4.90 Å². The first-order valence-electron chi connectivity index (χ1n) is 6.74. The Morgan fingerprint density at radius 3 is 2.79 bits per heavy atom. The molecule has 1 atom stereocenters. The van der Waals surface area contributed by atoms with E-state index in [9.17, 15) is 4.79 Å². The third-order valence-corrected chi connectivity index (χ3v) is 3.40. The normalized spacial score (nSPS) is 19.3. The molecule has 6 heteroatoms. The Hall–Kier alpha value is -1.72. The molecule has 2 heterocycles. The van der Waals surface area contributed by atoms with Gasteiger partial charge in [-0.05, 0) is 40.0 Å². The Balaban J connectivity index is 2.23. The molecular formula is C13H20N4O2. The van der Waals surface area contributed by atoms with Crippen molar-refractivity contribution in [3.05, 3.63) is 11.4 Å². The van der Waals surface area contributed by atoms with Crippen molar-refractivity contribution < 1.29 is 9.53 Å². The Labute approximate surface area is 113 Å². The quantitative estimate of drug-likeness (QED) is 0.769. The van der Waals surface area contributed by atoms with Crippen LogP contribution in [0.1, 0.15) is 37.6 Å². The lowest BCUT2D eigenvalue weighted by molar-refractivity contribution is -0.145. The molecule has 19 heavy (non-hydrogen) atoms. The number of piperidine rings is 1. The fourth-order valence-electron chi connectivity index (χ4n) is 2.22. The van der Waals surface area contributed by atoms with Gasteiger partial charge in [0.15, 0.2) is 0 Å². The van der Waals surface area contributed by atoms with Crippen molar-refractivity contribution in [2.24, 2.45) is 0 Å². The molecule has 1 aromatic heterocycles. The number of esters is 1. The maximum atomic E-state index is 12.0. The smallest absolute Gasteiger partial charge is 0.328 e. The van der Waals surface area contributed by atoms with Gasteiger partial charge in [-0.2, -0.15) is 5.10 Å². The highest BCUT2D eigenvalue weighted by molar-refractivity contribution is 5.79. The second kappa shape index (κ2) is 5.95. The molecule has 0 saturated carbocycles. The van der Waals surface area contributed by atoms with Crippen LogP contribution in [0.15, 0.2) is 0 Å². The number of aromatic nitrogens is 3. The summed E-state index contributed by atoms with van der Waals surface area (Å²) >= 11 is 0. The van der Waals surface area contributed by atoms with Crippen molar-refractivity contribution in [2.75, 3.05) is 18.1 Å². The number of ether oxygens (including phenoxy) is 1. The zero-order chi connectivity index (χ0) is 13.8. The van der Waals surface area contributed by atoms with Crippen molar-refractivity contribution >= 4 is 11.9 Å². The molecule has 1 aliphatic rings. The highest BCUT2D eigenvalue weighted by Gasteiger charge is 2.31. The Kier molecular flexibility index (Phi) is 4.29. The standard InChI is InChI=1S/C13H20N4O2/c1-4-19-12(18)11-7-5-6-8-17(11)13-14-9(2)10(3)15-16-13/h11H,4-8H2,1-3H3. The van der Waals surface area contributed by atoms with Crippen LogP contribution in [0, 0.1) is 13.8 Å². The van der Waals surface area contributed by atoms with Gasteiger partial charge in [-0.3, -0.25) is 0 Å². The molecule has 1 unspecified atom stereocenters. The number of anilines is 1. The maximum Gasteiger partial charge on any atom is 0.328 e. The number of aryl methyl sites for hydroxylation is 2. The molecule has 0 bridgehead atoms. The van der Waals surface area contributed by atoms with E-state index in [1.165, 1.54) is 0 Å². The number of hydrogen-bond acceptors (Lipinski definition) is 6. The molecule has 1 aromatic rings. The van der Waals surface area contributed by atoms with Crippen LogP contribution in [0.5, 0.6) is 0 Å². The van der Waals surface area contributed by atoms with Gasteiger partial charge in [0.2, 0.25) is 5.95 Å². The fourth-order valence-corrected chi connectivity index (χ4v) is 2.22. The number of nitrogens with zero attached hydrogens (tertiary/aromatic N) is 4. The summed E-state index contributed by atoms with van der Waals surface area (Å²) in [5.41, 5.74) is 1.66. The second-order valence-corrected chi connectivity index (χ2v) is 4.74. The van der Waals surface area contributed by atoms with Gasteiger partial charge < -0.3 is 9.64 Å². The molecule has 6 nitrogen and oxygen atoms in total. The van der Waals surface area contributed by atoms with E-state index in [0.29, 0.717) is 12.6 Å². The molecule has 0 N–H and O–H groups in total. The minimum absolute atomic E-state index is 0.191. The maximum absolute atomic E-state index is 12.0. The summed E-state index contributed by atoms with van der Waals surface area (Å²) in [5.74, 6) is 0.338. The van der Waals surface area contributed by atoms with Gasteiger partial charge >= 0.3 is 5.97 Å². The lowest BCUT2D eigenvalue weighted by Gasteiger charge is -2.33. The van der Waals surface area contributed by atoms with Gasteiger partial charge in [0.1, 0.15) is 6.04 Å². The van der Waals surface area contributed by atoms with E-state index in [4.69, 9.17) is 4.74 Å². The lowest BCUT2D eigenvalue weighted by Crippen LogP contribution is -2.46. The van der Waals surface area contributed by atoms with Crippen LogP contribution in [-0.2, 0) is 9.53 Å². The Bertz CT molecular complexity index is 464. The van der Waals surface area contributed by atoms with Gasteiger partial charge in [0, 0.05) is 6.54 Å². The average molecular weight is 264 g/mol. The summed E-state index contributed by atoms with van der Waals surface area (Å²) in [6.07, 6.45) is 2.85. The first-order chi connectivity index (χ1) is 9.13. The molecule has 0 aliphatic carbocycles. The van der Waals surface area contributed by atoms with Crippen LogP contribution >= 0.6 is 0 Å². The molecule has 1 saturated heterocycles. The number of carbonyl (C=O) groups is 1. The number of hydrogen-bond donors (Lipinski definition) is 0. The van der Waals surface area contributed by atoms with Gasteiger partial charge in [-0.15, -0.1) is 5.10 Å². The van der Waals surface area contributed by atoms with Crippen LogP contribution in [-0.4, -0.2) is 40.3 Å². The summed E-state index contributed by atoms with van der Waals surface area (Å²) in [4.78, 5) is 18.3. The van der Waals surface area contributed by atoms with E-state index in [1.54, 1.807) is 0 Å². The second-order valence-electron chi connectivity index (χ2n) is 4.74. The first kappa shape index (κ1) is 13.7. The number of rotatable bonds is 3. The van der Waals surface area contributed by atoms with E-state index >= 15 is 0 Å². The summed E-state index contributed by atoms with van der Waals surface area (Å²) in [5, 5.41) is 8.20. The summed E-state index contributed by atoms with van der Waals surface area (Å²) in [6, 6.07) is -0.280. The van der Waals surface area contributed by atoms with Crippen LogP contribution in [0.2, 0.25) is 0 Å². The molecule has 1 aliphatic heterocycles. The van der Waals surface area contributed by atoms with Crippen molar-refractivity contribution in [3.63, 3.8) is 0 Å². The number of carbonyl (C=O) groups excluding carboxylic acids is 1. The predicted octanol–water partition coefficient (Wildman–Crippen LogP) is 1.41. The van der Waals surface area contributed by atoms with Crippen LogP contribution in [0.25, 0.3) is 0 Å². The van der Waals surface area contributed by atoms with Gasteiger partial charge in [-0.1, -0.05) is 0 Å². The lowest BCUT2D eigenvalue weighted by atomic mass is 10.0. The molecule has 0 aromatic carbocycles. The minimum Gasteiger partial charge on any atom is -0.464 e. The van der Waals surface area contributed by atoms with Crippen LogP contribution in [0.3, 0.4) is 0 Å². The van der Waals surface area contributed by atoms with Gasteiger partial charge in [0.05, 0.1) is 18.0 Å². The third-order valence-electron chi connectivity index (χ3n) is 3.40. The van der Waals surface area contributed by atoms with E-state index in [2.05, 4.69) is 15.2 Å². The van der Waals surface area contributed by atoms with E-state index in [-0.39, 0.29) is 12.0 Å². The molecule has 0 spiro atoms. The van der Waals surface area contributed by atoms with Crippen molar-refractivity contribution in [2.45, 2.75) is 46.1 Å². The minimum atomic E-state index is -0.280. The molecule has 104 valence electrons. The zero-order valence-electron chi connectivity index (χ0n) is 11.7. The summed E-state index contributed by atoms with van der Waals surface area (Å²) in [7, 11) is 0. The zero-order valence-corrected chi connectivity index (χ0v) is 11.7. The van der Waals surface area contributed by atoms with E-state index < -0.39 is 0 Å². The molecule has 0 radical (unpaired) electrons. The largest absolute Gasteiger partial charge is 0.464 e. The van der Waals surface area contributed by atoms with Crippen molar-refractivity contribution in [1.29, 1.82) is 0 Å². The van der Waals surface area contributed by atoms with Gasteiger partial charge in [-0.25, -0.2) is 9.78 Å². The SMILES string of the molecule is CCOC(=O)C1CCCCN1c1nnc(C)c(C)n1. The fraction of sp³-hybridized carbons (Fsp3) is 0.692. The van der Waals surface area contributed by atoms with E-state index in [0.717, 1.165) is 37.2 Å². The molecular weight excluding hydrogens is 244 g/mol. The predicted molar refractivity (Wildman–Crippen MR) is 70.9 cm³/mol. The summed E-state index contributed by atoms with van der Waals surface area (Å²) in [6.45, 7) is 6.76. The molecule has 0 amide bonds. The highest BCUT2D eigenvalue weighted by Crippen LogP contribution is 2.22. The van der Waals surface area contributed by atoms with E-state index in [1.807, 2.05) is 25.7 Å². The Morgan fingerprint density at radius 2 is 2.11 bits per heavy atom. The third kappa shape index (κ3) is 3.00. The van der Waals surface area contributed by atoms with Crippen molar-refractivity contribution in [3.8, 4) is 0 Å². The van der Waals surface area contributed by atoms with Gasteiger partial charge in [0.25, 0.3) is 0 Å².